The lowest BCUT2D eigenvalue weighted by atomic mass is 9.79. The molecule has 3 aromatic heterocycles. The Morgan fingerprint density at radius 1 is 0.141 bits per heavy atom. The maximum absolute atomic E-state index is 5.85. The Morgan fingerprint density at radius 3 is 0.383 bits per heavy atom. The van der Waals surface area contributed by atoms with Crippen molar-refractivity contribution in [1.29, 1.82) is 0 Å². The predicted molar refractivity (Wildman–Crippen MR) is 554 cm³/mol. The van der Waals surface area contributed by atoms with Crippen molar-refractivity contribution in [3.05, 3.63) is 358 Å². The van der Waals surface area contributed by atoms with Gasteiger partial charge in [0.25, 0.3) is 0 Å². The van der Waals surface area contributed by atoms with E-state index in [0.29, 0.717) is 0 Å². The molecule has 0 aliphatic carbocycles. The summed E-state index contributed by atoms with van der Waals surface area (Å²) in [5.41, 5.74) is 45.0. The molecule has 5 heterocycles. The van der Waals surface area contributed by atoms with Gasteiger partial charge in [0.1, 0.15) is 0 Å². The Bertz CT molecular complexity index is 6000. The first-order valence-electron chi connectivity index (χ1n) is 46.0. The van der Waals surface area contributed by atoms with E-state index in [2.05, 4.69) is 492 Å². The standard InChI is InChI=1S/C124H126N4/c1-117(2,3)97-65-93(66-98(73-97)118(4,5)6)85-33-25-77(26-34-85)81-41-49-89(50-42-81)113-105-57-59-107(125-105)114(90-51-43-82(44-52-90)78-27-35-86(36-28-78)94-67-99(119(7,8)9)74-100(68-94)120(10,11)12)109-61-63-111(127-109)116(92-55-47-84(48-56-92)80-31-39-88(40-32-80)96-71-103(123(19,20)21)76-104(72-96)124(22,23)24)112-64-62-110(128-112)115(108-60-58-106(113)126-108)91-53-45-83(46-54-91)79-29-37-87(38-30-79)95-69-101(121(13,14)15)75-102(70-95)122(16,17)18/h25-76,125,128H,1-24H3. The van der Waals surface area contributed by atoms with Crippen LogP contribution in [-0.4, -0.2) is 19.9 Å². The number of H-pyrrole nitrogens is 2. The second-order valence-corrected chi connectivity index (χ2v) is 44.3. The molecular formula is C124H126N4. The minimum Gasteiger partial charge on any atom is -0.354 e. The van der Waals surface area contributed by atoms with Gasteiger partial charge in [0.2, 0.25) is 0 Å². The molecule has 0 saturated carbocycles. The highest BCUT2D eigenvalue weighted by Crippen LogP contribution is 2.46. The first-order valence-corrected chi connectivity index (χ1v) is 46.0. The van der Waals surface area contributed by atoms with Crippen molar-refractivity contribution in [2.45, 2.75) is 209 Å². The summed E-state index contributed by atoms with van der Waals surface area (Å²) in [6.07, 6.45) is 8.85. The average molecular weight is 1670 g/mol. The normalized spacial score (nSPS) is 12.9. The van der Waals surface area contributed by atoms with Gasteiger partial charge in [-0.15, -0.1) is 0 Å². The zero-order chi connectivity index (χ0) is 90.7. The smallest absolute Gasteiger partial charge is 0.0737 e. The first-order chi connectivity index (χ1) is 60.4. The van der Waals surface area contributed by atoms with Crippen LogP contribution in [0.15, 0.2) is 291 Å². The minimum absolute atomic E-state index is 0.00773. The predicted octanol–water partition coefficient (Wildman–Crippen LogP) is 35.0. The van der Waals surface area contributed by atoms with Crippen LogP contribution in [0.25, 0.3) is 180 Å². The van der Waals surface area contributed by atoms with Gasteiger partial charge in [0.15, 0.2) is 0 Å². The zero-order valence-corrected chi connectivity index (χ0v) is 79.9. The summed E-state index contributed by atoms with van der Waals surface area (Å²) >= 11 is 0. The molecule has 2 aliphatic heterocycles. The van der Waals surface area contributed by atoms with E-state index in [4.69, 9.17) is 9.97 Å². The van der Waals surface area contributed by atoms with E-state index < -0.39 is 0 Å². The van der Waals surface area contributed by atoms with Crippen molar-refractivity contribution >= 4 is 46.4 Å². The fourth-order valence-electron chi connectivity index (χ4n) is 17.8. The number of aromatic amines is 2. The van der Waals surface area contributed by atoms with Crippen LogP contribution in [0, 0.1) is 0 Å². The van der Waals surface area contributed by atoms with Crippen molar-refractivity contribution in [3.63, 3.8) is 0 Å². The topological polar surface area (TPSA) is 57.4 Å². The van der Waals surface area contributed by atoms with Crippen LogP contribution in [0.1, 0.15) is 233 Å². The van der Waals surface area contributed by atoms with E-state index in [9.17, 15) is 0 Å². The number of benzene rings is 12. The van der Waals surface area contributed by atoms with Gasteiger partial charge in [0.05, 0.1) is 22.8 Å². The molecule has 2 N–H and O–H groups in total. The van der Waals surface area contributed by atoms with Gasteiger partial charge in [-0.05, 0) is 248 Å². The van der Waals surface area contributed by atoms with Crippen LogP contribution < -0.4 is 0 Å². The van der Waals surface area contributed by atoms with Gasteiger partial charge in [-0.3, -0.25) is 0 Å². The zero-order valence-electron chi connectivity index (χ0n) is 79.9. The molecule has 642 valence electrons. The summed E-state index contributed by atoms with van der Waals surface area (Å²) in [5, 5.41) is 0. The van der Waals surface area contributed by atoms with E-state index >= 15 is 0 Å². The molecule has 4 heteroatoms. The number of hydrogen-bond acceptors (Lipinski definition) is 2. The van der Waals surface area contributed by atoms with Crippen molar-refractivity contribution < 1.29 is 0 Å². The van der Waals surface area contributed by atoms with E-state index in [1.165, 1.54) is 89.0 Å². The fourth-order valence-corrected chi connectivity index (χ4v) is 17.8. The molecule has 0 radical (unpaired) electrons. The lowest BCUT2D eigenvalue weighted by Gasteiger charge is -2.26. The number of rotatable bonds is 12. The maximum atomic E-state index is 5.85. The van der Waals surface area contributed by atoms with Gasteiger partial charge >= 0.3 is 0 Å². The molecule has 2 aliphatic rings. The third-order valence-corrected chi connectivity index (χ3v) is 26.3. The lowest BCUT2D eigenvalue weighted by Crippen LogP contribution is -2.16. The average Bonchev–Trinajstić information content (AvgIpc) is 1.47. The van der Waals surface area contributed by atoms with E-state index in [1.54, 1.807) is 0 Å². The van der Waals surface area contributed by atoms with Crippen molar-refractivity contribution in [2.75, 3.05) is 0 Å². The number of nitrogens with zero attached hydrogens (tertiary/aromatic N) is 2. The first kappa shape index (κ1) is 87.3. The molecule has 0 saturated heterocycles. The van der Waals surface area contributed by atoms with Gasteiger partial charge < -0.3 is 9.97 Å². The minimum atomic E-state index is 0.00773. The van der Waals surface area contributed by atoms with Crippen LogP contribution in [0.5, 0.6) is 0 Å². The summed E-state index contributed by atoms with van der Waals surface area (Å²) in [5.74, 6) is 0. The Balaban J connectivity index is 0.826. The summed E-state index contributed by atoms with van der Waals surface area (Å²) < 4.78 is 0. The van der Waals surface area contributed by atoms with E-state index in [0.717, 1.165) is 134 Å². The van der Waals surface area contributed by atoms with Crippen LogP contribution in [0.3, 0.4) is 0 Å². The SMILES string of the molecule is CC(C)(C)c1cc(-c2ccc(-c3ccc(-c4c5nc(c(-c6ccc(-c7ccc(-c8cc(C(C)(C)C)cc(C(C)(C)C)c8)cc7)cc6)c6ccc([nH]6)c(-c6ccc(-c7ccc(-c8cc(C(C)(C)C)cc(C(C)(C)C)c8)cc7)cc6)c6nc(c(-c7ccc(-c8ccc(-c9cc(C(C)(C)C)cc(C(C)(C)C)c9)cc8)cc7)c7ccc4[nH]7)C=C6)C=C5)cc3)cc2)cc(C(C)(C)C)c1. The van der Waals surface area contributed by atoms with Crippen LogP contribution >= 0.6 is 0 Å². The quantitative estimate of drug-likeness (QED) is 0.128. The molecule has 0 fully saturated rings. The highest BCUT2D eigenvalue weighted by Gasteiger charge is 2.29. The van der Waals surface area contributed by atoms with Crippen molar-refractivity contribution in [3.8, 4) is 134 Å². The second kappa shape index (κ2) is 32.8. The summed E-state index contributed by atoms with van der Waals surface area (Å²) in [7, 11) is 0. The summed E-state index contributed by atoms with van der Waals surface area (Å²) in [4.78, 5) is 19.9. The van der Waals surface area contributed by atoms with Gasteiger partial charge in [-0.1, -0.05) is 433 Å². The molecule has 0 amide bonds. The maximum Gasteiger partial charge on any atom is 0.0737 e. The molecule has 17 rings (SSSR count). The van der Waals surface area contributed by atoms with Crippen LogP contribution in [0.4, 0.5) is 0 Å². The molecule has 128 heavy (non-hydrogen) atoms. The fraction of sp³-hybridized carbons (Fsp3) is 0.258. The third-order valence-electron chi connectivity index (χ3n) is 26.3. The third kappa shape index (κ3) is 18.3. The van der Waals surface area contributed by atoms with E-state index in [-0.39, 0.29) is 43.3 Å². The number of fused-ring (bicyclic) bond motifs is 8. The highest BCUT2D eigenvalue weighted by molar-refractivity contribution is 6.01. The van der Waals surface area contributed by atoms with Crippen LogP contribution in [-0.2, 0) is 43.3 Å². The van der Waals surface area contributed by atoms with Gasteiger partial charge in [0, 0.05) is 44.3 Å². The van der Waals surface area contributed by atoms with E-state index in [1.807, 2.05) is 0 Å². The monoisotopic (exact) mass is 1670 g/mol. The molecular weight excluding hydrogens is 1550 g/mol. The molecule has 8 bridgehead atoms. The lowest BCUT2D eigenvalue weighted by molar-refractivity contribution is 0.568. The number of aromatic nitrogens is 4. The molecule has 0 unspecified atom stereocenters. The largest absolute Gasteiger partial charge is 0.354 e. The Labute approximate surface area is 762 Å². The van der Waals surface area contributed by atoms with Gasteiger partial charge in [-0.25, -0.2) is 9.97 Å². The Kier molecular flexibility index (Phi) is 22.4. The second-order valence-electron chi connectivity index (χ2n) is 44.3. The molecule has 12 aromatic carbocycles. The number of hydrogen-bond donors (Lipinski definition) is 2. The molecule has 0 atom stereocenters. The number of nitrogens with one attached hydrogen (secondary N) is 2. The van der Waals surface area contributed by atoms with Gasteiger partial charge in [-0.2, -0.15) is 0 Å². The summed E-state index contributed by atoms with van der Waals surface area (Å²) in [6, 6.07) is 111. The molecule has 4 nitrogen and oxygen atoms in total. The highest BCUT2D eigenvalue weighted by atomic mass is 14.8. The van der Waals surface area contributed by atoms with Crippen molar-refractivity contribution in [2.24, 2.45) is 0 Å². The Hall–Kier alpha value is -12.8. The molecule has 15 aromatic rings. The van der Waals surface area contributed by atoms with Crippen molar-refractivity contribution in [1.82, 2.24) is 19.9 Å². The van der Waals surface area contributed by atoms with Crippen LogP contribution in [0.2, 0.25) is 0 Å². The molecule has 0 spiro atoms. The summed E-state index contributed by atoms with van der Waals surface area (Å²) in [6.45, 7) is 55.4. The Morgan fingerprint density at radius 2 is 0.258 bits per heavy atom.